The van der Waals surface area contributed by atoms with Crippen LogP contribution < -0.4 is 5.32 Å². The third kappa shape index (κ3) is 3.13. The van der Waals surface area contributed by atoms with E-state index in [4.69, 9.17) is 9.84 Å². The van der Waals surface area contributed by atoms with Crippen molar-refractivity contribution in [3.05, 3.63) is 0 Å². The summed E-state index contributed by atoms with van der Waals surface area (Å²) in [5, 5.41) is 11.7. The third-order valence-electron chi connectivity index (χ3n) is 3.61. The molecule has 0 aromatic heterocycles. The number of aliphatic carboxylic acids is 1. The summed E-state index contributed by atoms with van der Waals surface area (Å²) in [5.74, 6) is -0.452. The van der Waals surface area contributed by atoms with Gasteiger partial charge in [-0.1, -0.05) is 0 Å². The minimum absolute atomic E-state index is 0.115. The van der Waals surface area contributed by atoms with E-state index in [1.54, 1.807) is 12.0 Å². The van der Waals surface area contributed by atoms with Crippen molar-refractivity contribution in [3.63, 3.8) is 0 Å². The first-order valence-electron chi connectivity index (χ1n) is 6.39. The Labute approximate surface area is 106 Å². The van der Waals surface area contributed by atoms with Gasteiger partial charge >= 0.3 is 12.0 Å². The average molecular weight is 256 g/mol. The molecule has 6 nitrogen and oxygen atoms in total. The fourth-order valence-corrected chi connectivity index (χ4v) is 2.42. The normalized spacial score (nSPS) is 24.9. The first-order valence-corrected chi connectivity index (χ1v) is 6.39. The molecule has 0 aromatic rings. The molecule has 102 valence electrons. The molecule has 2 aliphatic rings. The predicted molar refractivity (Wildman–Crippen MR) is 64.2 cm³/mol. The fourth-order valence-electron chi connectivity index (χ4n) is 2.42. The van der Waals surface area contributed by atoms with E-state index in [1.165, 1.54) is 0 Å². The van der Waals surface area contributed by atoms with Gasteiger partial charge in [-0.2, -0.15) is 0 Å². The number of urea groups is 1. The molecule has 1 saturated heterocycles. The van der Waals surface area contributed by atoms with Crippen LogP contribution in [0.25, 0.3) is 0 Å². The van der Waals surface area contributed by atoms with E-state index in [1.807, 2.05) is 0 Å². The van der Waals surface area contributed by atoms with Crippen LogP contribution in [0.1, 0.15) is 19.3 Å². The molecule has 1 aliphatic carbocycles. The summed E-state index contributed by atoms with van der Waals surface area (Å²) >= 11 is 0. The zero-order valence-electron chi connectivity index (χ0n) is 10.6. The second kappa shape index (κ2) is 5.56. The number of ether oxygens (including phenoxy) is 1. The largest absolute Gasteiger partial charge is 0.480 e. The molecule has 2 amide bonds. The van der Waals surface area contributed by atoms with E-state index in [-0.39, 0.29) is 11.9 Å². The molecule has 1 heterocycles. The van der Waals surface area contributed by atoms with Gasteiger partial charge in [-0.25, -0.2) is 9.59 Å². The molecule has 2 unspecified atom stereocenters. The van der Waals surface area contributed by atoms with Crippen molar-refractivity contribution in [3.8, 4) is 0 Å². The lowest BCUT2D eigenvalue weighted by Gasteiger charge is -2.20. The molecule has 2 atom stereocenters. The second-order valence-corrected chi connectivity index (χ2v) is 5.16. The van der Waals surface area contributed by atoms with E-state index in [0.29, 0.717) is 25.6 Å². The third-order valence-corrected chi connectivity index (χ3v) is 3.61. The molecule has 1 aliphatic heterocycles. The van der Waals surface area contributed by atoms with Crippen LogP contribution in [0.3, 0.4) is 0 Å². The van der Waals surface area contributed by atoms with E-state index >= 15 is 0 Å². The molecule has 0 bridgehead atoms. The number of carboxylic acid groups (broad SMARTS) is 1. The first-order chi connectivity index (χ1) is 8.61. The summed E-state index contributed by atoms with van der Waals surface area (Å²) in [7, 11) is 1.65. The number of hydrogen-bond donors (Lipinski definition) is 2. The lowest BCUT2D eigenvalue weighted by molar-refractivity contribution is -0.139. The maximum atomic E-state index is 12.0. The lowest BCUT2D eigenvalue weighted by atomic mass is 10.1. The van der Waals surface area contributed by atoms with Crippen molar-refractivity contribution in [1.82, 2.24) is 10.2 Å². The van der Waals surface area contributed by atoms with Crippen LogP contribution in [0.4, 0.5) is 4.79 Å². The van der Waals surface area contributed by atoms with Gasteiger partial charge in [-0.3, -0.25) is 0 Å². The Morgan fingerprint density at radius 1 is 1.44 bits per heavy atom. The van der Waals surface area contributed by atoms with E-state index in [2.05, 4.69) is 5.32 Å². The van der Waals surface area contributed by atoms with Crippen LogP contribution in [0.15, 0.2) is 0 Å². The molecule has 2 rings (SSSR count). The molecule has 18 heavy (non-hydrogen) atoms. The highest BCUT2D eigenvalue weighted by atomic mass is 16.5. The summed E-state index contributed by atoms with van der Waals surface area (Å²) in [5.41, 5.74) is 0. The topological polar surface area (TPSA) is 78.9 Å². The van der Waals surface area contributed by atoms with Crippen molar-refractivity contribution in [2.45, 2.75) is 25.3 Å². The highest BCUT2D eigenvalue weighted by molar-refractivity contribution is 5.83. The van der Waals surface area contributed by atoms with Gasteiger partial charge in [-0.15, -0.1) is 0 Å². The van der Waals surface area contributed by atoms with Gasteiger partial charge in [0.15, 0.2) is 0 Å². The number of carbonyl (C=O) groups is 2. The summed E-state index contributed by atoms with van der Waals surface area (Å²) in [6.45, 7) is 1.97. The van der Waals surface area contributed by atoms with Gasteiger partial charge in [0.25, 0.3) is 0 Å². The number of carboxylic acids is 1. The highest BCUT2D eigenvalue weighted by Gasteiger charge is 2.38. The number of likely N-dealkylation sites (tertiary alicyclic amines) is 1. The Hall–Kier alpha value is -1.30. The number of amides is 2. The smallest absolute Gasteiger partial charge is 0.326 e. The van der Waals surface area contributed by atoms with Gasteiger partial charge in [-0.05, 0) is 25.2 Å². The van der Waals surface area contributed by atoms with Crippen molar-refractivity contribution < 1.29 is 19.4 Å². The molecule has 2 fully saturated rings. The Balaban J connectivity index is 1.82. The van der Waals surface area contributed by atoms with Gasteiger partial charge in [0, 0.05) is 26.1 Å². The number of rotatable bonds is 5. The van der Waals surface area contributed by atoms with Gasteiger partial charge in [0.1, 0.15) is 6.04 Å². The lowest BCUT2D eigenvalue weighted by Crippen LogP contribution is -2.48. The molecular weight excluding hydrogens is 236 g/mol. The minimum atomic E-state index is -0.932. The van der Waals surface area contributed by atoms with E-state index < -0.39 is 12.0 Å². The molecule has 0 spiro atoms. The predicted octanol–water partition coefficient (Wildman–Crippen LogP) is 0.527. The zero-order chi connectivity index (χ0) is 13.1. The van der Waals surface area contributed by atoms with Crippen LogP contribution in [0, 0.1) is 11.8 Å². The number of hydrogen-bond acceptors (Lipinski definition) is 3. The number of nitrogens with one attached hydrogen (secondary N) is 1. The Kier molecular flexibility index (Phi) is 4.06. The Morgan fingerprint density at radius 3 is 2.72 bits per heavy atom. The number of nitrogens with zero attached hydrogens (tertiary/aromatic N) is 1. The van der Waals surface area contributed by atoms with Crippen molar-refractivity contribution in [1.29, 1.82) is 0 Å². The van der Waals surface area contributed by atoms with Crippen molar-refractivity contribution >= 4 is 12.0 Å². The second-order valence-electron chi connectivity index (χ2n) is 5.16. The SMILES string of the molecule is COCC1CCN(C(=O)NC(C(=O)O)C2CC2)C1. The molecule has 0 radical (unpaired) electrons. The molecule has 0 aromatic carbocycles. The van der Waals surface area contributed by atoms with Crippen molar-refractivity contribution in [2.24, 2.45) is 11.8 Å². The summed E-state index contributed by atoms with van der Waals surface area (Å²) < 4.78 is 5.07. The fraction of sp³-hybridized carbons (Fsp3) is 0.833. The molecule has 2 N–H and O–H groups in total. The molecule has 6 heteroatoms. The van der Waals surface area contributed by atoms with Gasteiger partial charge in [0.05, 0.1) is 6.61 Å². The maximum Gasteiger partial charge on any atom is 0.326 e. The van der Waals surface area contributed by atoms with Crippen LogP contribution in [0.5, 0.6) is 0 Å². The van der Waals surface area contributed by atoms with Gasteiger partial charge in [0.2, 0.25) is 0 Å². The molecule has 1 saturated carbocycles. The quantitative estimate of drug-likeness (QED) is 0.752. The summed E-state index contributed by atoms with van der Waals surface area (Å²) in [6.07, 6.45) is 2.70. The zero-order valence-corrected chi connectivity index (χ0v) is 10.6. The van der Waals surface area contributed by atoms with Crippen LogP contribution in [0.2, 0.25) is 0 Å². The van der Waals surface area contributed by atoms with Crippen molar-refractivity contribution in [2.75, 3.05) is 26.8 Å². The van der Waals surface area contributed by atoms with Gasteiger partial charge < -0.3 is 20.1 Å². The summed E-state index contributed by atoms with van der Waals surface area (Å²) in [6, 6.07) is -0.980. The maximum absolute atomic E-state index is 12.0. The highest BCUT2D eigenvalue weighted by Crippen LogP contribution is 2.33. The van der Waals surface area contributed by atoms with E-state index in [0.717, 1.165) is 19.3 Å². The summed E-state index contributed by atoms with van der Waals surface area (Å²) in [4.78, 5) is 24.7. The van der Waals surface area contributed by atoms with Crippen LogP contribution in [-0.4, -0.2) is 54.9 Å². The Morgan fingerprint density at radius 2 is 2.17 bits per heavy atom. The number of methoxy groups -OCH3 is 1. The standard InChI is InChI=1S/C12H20N2O4/c1-18-7-8-4-5-14(6-8)12(17)13-10(11(15)16)9-2-3-9/h8-10H,2-7H2,1H3,(H,13,17)(H,15,16). The average Bonchev–Trinajstić information content (AvgIpc) is 3.05. The molecular formula is C12H20N2O4. The minimum Gasteiger partial charge on any atom is -0.480 e. The van der Waals surface area contributed by atoms with Crippen LogP contribution >= 0.6 is 0 Å². The number of carbonyl (C=O) groups excluding carboxylic acids is 1. The van der Waals surface area contributed by atoms with Crippen LogP contribution in [-0.2, 0) is 9.53 Å². The van der Waals surface area contributed by atoms with E-state index in [9.17, 15) is 9.59 Å². The monoisotopic (exact) mass is 256 g/mol. The Bertz CT molecular complexity index is 330. The first kappa shape index (κ1) is 13.1.